The van der Waals surface area contributed by atoms with Crippen molar-refractivity contribution in [3.63, 3.8) is 0 Å². The van der Waals surface area contributed by atoms with Crippen molar-refractivity contribution < 1.29 is 22.7 Å². The number of rotatable bonds is 14. The Morgan fingerprint density at radius 1 is 0.870 bits per heavy atom. The second kappa shape index (κ2) is 15.8. The number of anilines is 1. The van der Waals surface area contributed by atoms with Crippen molar-refractivity contribution in [3.8, 4) is 5.75 Å². The van der Waals surface area contributed by atoms with Gasteiger partial charge in [0, 0.05) is 24.5 Å². The molecule has 0 saturated heterocycles. The summed E-state index contributed by atoms with van der Waals surface area (Å²) in [6.07, 6.45) is 0.950. The number of nitrogens with one attached hydrogen (secondary N) is 1. The van der Waals surface area contributed by atoms with Gasteiger partial charge in [-0.05, 0) is 61.7 Å². The summed E-state index contributed by atoms with van der Waals surface area (Å²) in [5.41, 5.74) is 3.65. The molecule has 4 rings (SSSR count). The zero-order chi connectivity index (χ0) is 33.3. The zero-order valence-electron chi connectivity index (χ0n) is 26.6. The molecule has 0 spiro atoms. The highest BCUT2D eigenvalue weighted by Gasteiger charge is 2.35. The lowest BCUT2D eigenvalue weighted by atomic mass is 10.0. The number of carbonyl (C=O) groups excluding carboxylic acids is 2. The van der Waals surface area contributed by atoms with Crippen LogP contribution in [-0.4, -0.2) is 51.4 Å². The molecule has 4 aromatic carbocycles. The fourth-order valence-electron chi connectivity index (χ4n) is 5.14. The van der Waals surface area contributed by atoms with E-state index in [1.807, 2.05) is 75.4 Å². The topological polar surface area (TPSA) is 96.0 Å². The Hall–Kier alpha value is -4.34. The lowest BCUT2D eigenvalue weighted by molar-refractivity contribution is -0.140. The number of halogens is 1. The lowest BCUT2D eigenvalue weighted by Gasteiger charge is -2.34. The van der Waals surface area contributed by atoms with Gasteiger partial charge >= 0.3 is 0 Å². The highest BCUT2D eigenvalue weighted by atomic mass is 35.5. The van der Waals surface area contributed by atoms with E-state index in [1.54, 1.807) is 24.3 Å². The second-order valence-corrected chi connectivity index (χ2v) is 13.4. The van der Waals surface area contributed by atoms with Crippen molar-refractivity contribution in [2.75, 3.05) is 24.5 Å². The van der Waals surface area contributed by atoms with Gasteiger partial charge in [0.25, 0.3) is 10.0 Å². The van der Waals surface area contributed by atoms with Gasteiger partial charge in [0.1, 0.15) is 18.3 Å². The number of nitrogens with zero attached hydrogens (tertiary/aromatic N) is 2. The summed E-state index contributed by atoms with van der Waals surface area (Å²) < 4.78 is 35.1. The van der Waals surface area contributed by atoms with Gasteiger partial charge in [0.05, 0.1) is 17.7 Å². The molecule has 4 aromatic rings. The van der Waals surface area contributed by atoms with Crippen molar-refractivity contribution in [1.29, 1.82) is 0 Å². The van der Waals surface area contributed by atoms with Crippen molar-refractivity contribution in [2.45, 2.75) is 51.1 Å². The van der Waals surface area contributed by atoms with E-state index in [1.165, 1.54) is 30.2 Å². The van der Waals surface area contributed by atoms with Gasteiger partial charge in [-0.25, -0.2) is 8.42 Å². The minimum absolute atomic E-state index is 0.000290. The Balaban J connectivity index is 1.85. The van der Waals surface area contributed by atoms with Crippen LogP contribution in [0.4, 0.5) is 5.69 Å². The number of amides is 2. The van der Waals surface area contributed by atoms with Crippen LogP contribution in [0.15, 0.2) is 102 Å². The predicted octanol–water partition coefficient (Wildman–Crippen LogP) is 6.33. The molecule has 0 aliphatic rings. The molecule has 0 aromatic heterocycles. The Bertz CT molecular complexity index is 1750. The number of aryl methyl sites for hydroxylation is 2. The van der Waals surface area contributed by atoms with E-state index in [9.17, 15) is 18.0 Å². The van der Waals surface area contributed by atoms with E-state index >= 15 is 0 Å². The highest BCUT2D eigenvalue weighted by Crippen LogP contribution is 2.35. The maximum atomic E-state index is 14.6. The minimum atomic E-state index is -4.30. The number of methoxy groups -OCH3 is 1. The average Bonchev–Trinajstić information content (AvgIpc) is 3.04. The van der Waals surface area contributed by atoms with E-state index in [-0.39, 0.29) is 40.2 Å². The Morgan fingerprint density at radius 2 is 1.57 bits per heavy atom. The first-order valence-electron chi connectivity index (χ1n) is 15.1. The smallest absolute Gasteiger partial charge is 0.264 e. The minimum Gasteiger partial charge on any atom is -0.495 e. The van der Waals surface area contributed by atoms with Crippen LogP contribution in [0.3, 0.4) is 0 Å². The zero-order valence-corrected chi connectivity index (χ0v) is 28.1. The molecule has 242 valence electrons. The molecule has 46 heavy (non-hydrogen) atoms. The van der Waals surface area contributed by atoms with Gasteiger partial charge in [-0.3, -0.25) is 13.9 Å². The van der Waals surface area contributed by atoms with Crippen LogP contribution in [0.1, 0.15) is 35.6 Å². The van der Waals surface area contributed by atoms with Crippen LogP contribution >= 0.6 is 11.6 Å². The number of carbonyl (C=O) groups is 2. The summed E-state index contributed by atoms with van der Waals surface area (Å²) in [6.45, 7) is 5.68. The third kappa shape index (κ3) is 8.68. The fraction of sp³-hybridized carbons (Fsp3) is 0.278. The molecule has 0 bridgehead atoms. The maximum Gasteiger partial charge on any atom is 0.264 e. The molecule has 0 aliphatic heterocycles. The predicted molar refractivity (Wildman–Crippen MR) is 183 cm³/mol. The molecule has 0 aliphatic carbocycles. The normalized spacial score (nSPS) is 11.8. The third-order valence-corrected chi connectivity index (χ3v) is 9.56. The number of hydrogen-bond acceptors (Lipinski definition) is 5. The number of sulfonamides is 1. The van der Waals surface area contributed by atoms with Gasteiger partial charge in [0.15, 0.2) is 0 Å². The first kappa shape index (κ1) is 34.5. The summed E-state index contributed by atoms with van der Waals surface area (Å²) in [5.74, 6) is -0.661. The number of hydrogen-bond donors (Lipinski definition) is 1. The number of benzene rings is 4. The molecular formula is C36H40ClN3O5S. The standard InChI is InChI=1S/C36H40ClN3O5S/c1-5-20-38-36(42)33(22-28-11-7-6-8-12-28)39(24-29-13-9-10-27(3)21-29)35(41)25-40(32-23-30(37)16-19-34(32)45-4)46(43,44)31-17-14-26(2)15-18-31/h6-19,21,23,33H,5,20,22,24-25H2,1-4H3,(H,38,42). The summed E-state index contributed by atoms with van der Waals surface area (Å²) in [7, 11) is -2.88. The fourth-order valence-corrected chi connectivity index (χ4v) is 6.72. The quantitative estimate of drug-likeness (QED) is 0.171. The largest absolute Gasteiger partial charge is 0.495 e. The lowest BCUT2D eigenvalue weighted by Crippen LogP contribution is -2.53. The average molecular weight is 662 g/mol. The van der Waals surface area contributed by atoms with Crippen LogP contribution in [0.2, 0.25) is 5.02 Å². The molecule has 0 fully saturated rings. The summed E-state index contributed by atoms with van der Waals surface area (Å²) in [6, 6.07) is 27.2. The summed E-state index contributed by atoms with van der Waals surface area (Å²) in [5, 5.41) is 3.22. The molecule has 1 atom stereocenters. The number of ether oxygens (including phenoxy) is 1. The van der Waals surface area contributed by atoms with Crippen LogP contribution < -0.4 is 14.4 Å². The molecule has 8 nitrogen and oxygen atoms in total. The Morgan fingerprint density at radius 3 is 2.22 bits per heavy atom. The summed E-state index contributed by atoms with van der Waals surface area (Å²) in [4.78, 5) is 29.9. The molecule has 0 radical (unpaired) electrons. The van der Waals surface area contributed by atoms with E-state index in [0.29, 0.717) is 13.0 Å². The van der Waals surface area contributed by atoms with Crippen LogP contribution in [0.5, 0.6) is 5.75 Å². The first-order chi connectivity index (χ1) is 22.0. The van der Waals surface area contributed by atoms with Crippen molar-refractivity contribution in [1.82, 2.24) is 10.2 Å². The molecule has 0 saturated carbocycles. The summed E-state index contributed by atoms with van der Waals surface area (Å²) >= 11 is 6.36. The van der Waals surface area contributed by atoms with Crippen LogP contribution in [0.25, 0.3) is 0 Å². The Kier molecular flexibility index (Phi) is 11.8. The highest BCUT2D eigenvalue weighted by molar-refractivity contribution is 7.92. The molecular weight excluding hydrogens is 622 g/mol. The maximum absolute atomic E-state index is 14.6. The van der Waals surface area contributed by atoms with Gasteiger partial charge in [0.2, 0.25) is 11.8 Å². The van der Waals surface area contributed by atoms with Gasteiger partial charge in [-0.2, -0.15) is 0 Å². The van der Waals surface area contributed by atoms with Crippen molar-refractivity contribution in [3.05, 3.63) is 124 Å². The molecule has 1 unspecified atom stereocenters. The first-order valence-corrected chi connectivity index (χ1v) is 16.9. The van der Waals surface area contributed by atoms with Crippen molar-refractivity contribution in [2.24, 2.45) is 0 Å². The van der Waals surface area contributed by atoms with Crippen LogP contribution in [0, 0.1) is 13.8 Å². The van der Waals surface area contributed by atoms with Gasteiger partial charge in [-0.15, -0.1) is 0 Å². The monoisotopic (exact) mass is 661 g/mol. The molecule has 0 heterocycles. The Labute approximate surface area is 277 Å². The van der Waals surface area contributed by atoms with Gasteiger partial charge in [-0.1, -0.05) is 96.4 Å². The van der Waals surface area contributed by atoms with E-state index in [4.69, 9.17) is 16.3 Å². The van der Waals surface area contributed by atoms with Gasteiger partial charge < -0.3 is 15.0 Å². The van der Waals surface area contributed by atoms with Crippen LogP contribution in [-0.2, 0) is 32.6 Å². The molecule has 2 amide bonds. The SMILES string of the molecule is CCCNC(=O)C(Cc1ccccc1)N(Cc1cccc(C)c1)C(=O)CN(c1cc(Cl)ccc1OC)S(=O)(=O)c1ccc(C)cc1. The second-order valence-electron chi connectivity index (χ2n) is 11.1. The third-order valence-electron chi connectivity index (χ3n) is 7.55. The van der Waals surface area contributed by atoms with E-state index in [2.05, 4.69) is 5.32 Å². The van der Waals surface area contributed by atoms with E-state index < -0.39 is 28.5 Å². The molecule has 10 heteroatoms. The van der Waals surface area contributed by atoms with E-state index in [0.717, 1.165) is 26.6 Å². The van der Waals surface area contributed by atoms with Crippen molar-refractivity contribution >= 4 is 39.1 Å². The molecule has 1 N–H and O–H groups in total.